The van der Waals surface area contributed by atoms with Crippen molar-refractivity contribution in [1.29, 1.82) is 0 Å². The smallest absolute Gasteiger partial charge is 0.130 e. The van der Waals surface area contributed by atoms with Crippen LogP contribution >= 0.6 is 0 Å². The molecule has 0 aliphatic rings. The maximum absolute atomic E-state index is 10.9. The van der Waals surface area contributed by atoms with Gasteiger partial charge in [-0.2, -0.15) is 0 Å². The van der Waals surface area contributed by atoms with Crippen molar-refractivity contribution in [2.24, 2.45) is 0 Å². The fourth-order valence-corrected chi connectivity index (χ4v) is 1.46. The number of rotatable bonds is 4. The molecular formula is C13H13N3O. The summed E-state index contributed by atoms with van der Waals surface area (Å²) >= 11 is 0. The van der Waals surface area contributed by atoms with E-state index in [4.69, 9.17) is 0 Å². The summed E-state index contributed by atoms with van der Waals surface area (Å²) in [4.78, 5) is 23.7. The number of hydrogen-bond donors (Lipinski definition) is 0. The Balaban J connectivity index is 2.20. The maximum atomic E-state index is 10.9. The van der Waals surface area contributed by atoms with Crippen LogP contribution in [0.25, 0.3) is 11.4 Å². The Morgan fingerprint density at radius 1 is 1.12 bits per heavy atom. The van der Waals surface area contributed by atoms with Crippen LogP contribution in [0, 0.1) is 0 Å². The first-order valence-corrected chi connectivity index (χ1v) is 5.48. The Bertz CT molecular complexity index is 511. The minimum absolute atomic E-state index is 0.150. The summed E-state index contributed by atoms with van der Waals surface area (Å²) in [7, 11) is 0. The summed E-state index contributed by atoms with van der Waals surface area (Å²) in [5.74, 6) is 0.834. The monoisotopic (exact) mass is 227 g/mol. The first-order chi connectivity index (χ1) is 8.25. The fraction of sp³-hybridized carbons (Fsp3) is 0.231. The number of carbonyl (C=O) groups is 1. The molecule has 4 nitrogen and oxygen atoms in total. The van der Waals surface area contributed by atoms with Crippen molar-refractivity contribution in [1.82, 2.24) is 15.0 Å². The summed E-state index contributed by atoms with van der Waals surface area (Å²) in [5, 5.41) is 0. The van der Waals surface area contributed by atoms with Gasteiger partial charge < -0.3 is 4.79 Å². The van der Waals surface area contributed by atoms with Gasteiger partial charge in [0.25, 0.3) is 0 Å². The summed E-state index contributed by atoms with van der Waals surface area (Å²) in [6, 6.07) is 7.50. The lowest BCUT2D eigenvalue weighted by molar-refractivity contribution is -0.117. The number of aryl methyl sites for hydroxylation is 1. The van der Waals surface area contributed by atoms with Gasteiger partial charge in [0.1, 0.15) is 11.6 Å². The molecule has 0 N–H and O–H groups in total. The van der Waals surface area contributed by atoms with Gasteiger partial charge in [-0.15, -0.1) is 0 Å². The summed E-state index contributed by atoms with van der Waals surface area (Å²) in [6.07, 6.45) is 4.49. The SMILES string of the molecule is CC(=O)CCc1nccc(-c2ccccn2)n1. The van der Waals surface area contributed by atoms with E-state index in [0.29, 0.717) is 18.7 Å². The van der Waals surface area contributed by atoms with Crippen LogP contribution in [0.4, 0.5) is 0 Å². The number of hydrogen-bond acceptors (Lipinski definition) is 4. The highest BCUT2D eigenvalue weighted by molar-refractivity contribution is 5.75. The van der Waals surface area contributed by atoms with Gasteiger partial charge in [0, 0.05) is 25.2 Å². The lowest BCUT2D eigenvalue weighted by atomic mass is 10.2. The summed E-state index contributed by atoms with van der Waals surface area (Å²) < 4.78 is 0. The predicted molar refractivity (Wildman–Crippen MR) is 64.3 cm³/mol. The van der Waals surface area contributed by atoms with Crippen LogP contribution in [0.3, 0.4) is 0 Å². The molecule has 0 aliphatic carbocycles. The van der Waals surface area contributed by atoms with Gasteiger partial charge >= 0.3 is 0 Å². The van der Waals surface area contributed by atoms with E-state index in [0.717, 1.165) is 11.4 Å². The Morgan fingerprint density at radius 3 is 2.71 bits per heavy atom. The van der Waals surface area contributed by atoms with Crippen LogP contribution in [-0.2, 0) is 11.2 Å². The molecule has 0 aliphatic heterocycles. The zero-order chi connectivity index (χ0) is 12.1. The van der Waals surface area contributed by atoms with Gasteiger partial charge in [-0.1, -0.05) is 6.07 Å². The third-order valence-electron chi connectivity index (χ3n) is 2.33. The van der Waals surface area contributed by atoms with Crippen molar-refractivity contribution < 1.29 is 4.79 Å². The van der Waals surface area contributed by atoms with E-state index in [-0.39, 0.29) is 5.78 Å². The van der Waals surface area contributed by atoms with Crippen LogP contribution in [0.5, 0.6) is 0 Å². The van der Waals surface area contributed by atoms with Gasteiger partial charge in [0.15, 0.2) is 0 Å². The second kappa shape index (κ2) is 5.30. The van der Waals surface area contributed by atoms with Crippen LogP contribution in [0.15, 0.2) is 36.7 Å². The molecule has 2 aromatic heterocycles. The van der Waals surface area contributed by atoms with Crippen LogP contribution in [-0.4, -0.2) is 20.7 Å². The molecule has 0 spiro atoms. The number of Topliss-reactive ketones (excluding diaryl/α,β-unsaturated/α-hetero) is 1. The van der Waals surface area contributed by atoms with Crippen LogP contribution < -0.4 is 0 Å². The zero-order valence-electron chi connectivity index (χ0n) is 9.63. The molecule has 2 heterocycles. The Labute approximate surface area is 99.8 Å². The Morgan fingerprint density at radius 2 is 2.00 bits per heavy atom. The number of pyridine rings is 1. The molecule has 0 fully saturated rings. The van der Waals surface area contributed by atoms with Crippen LogP contribution in [0.1, 0.15) is 19.2 Å². The molecule has 86 valence electrons. The van der Waals surface area contributed by atoms with Gasteiger partial charge in [-0.25, -0.2) is 9.97 Å². The largest absolute Gasteiger partial charge is 0.300 e. The molecule has 2 aromatic rings. The third kappa shape index (κ3) is 3.17. The molecule has 0 unspecified atom stereocenters. The van der Waals surface area contributed by atoms with Gasteiger partial charge in [0.2, 0.25) is 0 Å². The zero-order valence-corrected chi connectivity index (χ0v) is 9.63. The van der Waals surface area contributed by atoms with E-state index >= 15 is 0 Å². The first-order valence-electron chi connectivity index (χ1n) is 5.48. The molecule has 0 saturated carbocycles. The minimum atomic E-state index is 0.150. The second-order valence-electron chi connectivity index (χ2n) is 3.78. The molecule has 0 bridgehead atoms. The molecule has 0 atom stereocenters. The average Bonchev–Trinajstić information content (AvgIpc) is 2.38. The van der Waals surface area contributed by atoms with E-state index in [9.17, 15) is 4.79 Å². The standard InChI is InChI=1S/C13H13N3O/c1-10(17)5-6-13-15-9-7-12(16-13)11-4-2-3-8-14-11/h2-4,7-9H,5-6H2,1H3. The molecule has 0 saturated heterocycles. The van der Waals surface area contributed by atoms with E-state index in [1.54, 1.807) is 19.3 Å². The molecule has 4 heteroatoms. The summed E-state index contributed by atoms with van der Waals surface area (Å²) in [5.41, 5.74) is 1.61. The second-order valence-corrected chi connectivity index (χ2v) is 3.78. The minimum Gasteiger partial charge on any atom is -0.300 e. The third-order valence-corrected chi connectivity index (χ3v) is 2.33. The van der Waals surface area contributed by atoms with E-state index < -0.39 is 0 Å². The number of aromatic nitrogens is 3. The van der Waals surface area contributed by atoms with Gasteiger partial charge in [-0.3, -0.25) is 4.98 Å². The Kier molecular flexibility index (Phi) is 3.55. The van der Waals surface area contributed by atoms with Gasteiger partial charge in [-0.05, 0) is 25.1 Å². The normalized spacial score (nSPS) is 10.2. The van der Waals surface area contributed by atoms with Crippen molar-refractivity contribution in [3.8, 4) is 11.4 Å². The van der Waals surface area contributed by atoms with Gasteiger partial charge in [0.05, 0.1) is 11.4 Å². The lowest BCUT2D eigenvalue weighted by Gasteiger charge is -2.02. The van der Waals surface area contributed by atoms with E-state index in [2.05, 4.69) is 15.0 Å². The lowest BCUT2D eigenvalue weighted by Crippen LogP contribution is -2.00. The highest BCUT2D eigenvalue weighted by Crippen LogP contribution is 2.12. The van der Waals surface area contributed by atoms with Crippen molar-refractivity contribution in [2.45, 2.75) is 19.8 Å². The highest BCUT2D eigenvalue weighted by Gasteiger charge is 2.03. The maximum Gasteiger partial charge on any atom is 0.130 e. The van der Waals surface area contributed by atoms with E-state index in [1.165, 1.54) is 0 Å². The number of carbonyl (C=O) groups excluding carboxylic acids is 1. The van der Waals surface area contributed by atoms with Crippen molar-refractivity contribution >= 4 is 5.78 Å². The molecule has 2 rings (SSSR count). The molecule has 0 aromatic carbocycles. The Hall–Kier alpha value is -2.10. The number of ketones is 1. The highest BCUT2D eigenvalue weighted by atomic mass is 16.1. The molecule has 0 amide bonds. The quantitative estimate of drug-likeness (QED) is 0.802. The molecule has 17 heavy (non-hydrogen) atoms. The van der Waals surface area contributed by atoms with Crippen molar-refractivity contribution in [2.75, 3.05) is 0 Å². The summed E-state index contributed by atoms with van der Waals surface area (Å²) in [6.45, 7) is 1.57. The molecule has 0 radical (unpaired) electrons. The fourth-order valence-electron chi connectivity index (χ4n) is 1.46. The van der Waals surface area contributed by atoms with Crippen molar-refractivity contribution in [3.63, 3.8) is 0 Å². The van der Waals surface area contributed by atoms with Crippen LogP contribution in [0.2, 0.25) is 0 Å². The first kappa shape index (κ1) is 11.4. The van der Waals surface area contributed by atoms with E-state index in [1.807, 2.05) is 24.3 Å². The number of nitrogens with zero attached hydrogens (tertiary/aromatic N) is 3. The average molecular weight is 227 g/mol. The topological polar surface area (TPSA) is 55.7 Å². The van der Waals surface area contributed by atoms with Crippen molar-refractivity contribution in [3.05, 3.63) is 42.5 Å². The predicted octanol–water partition coefficient (Wildman–Crippen LogP) is 2.06. The molecular weight excluding hydrogens is 214 g/mol.